The predicted molar refractivity (Wildman–Crippen MR) is 90.4 cm³/mol. The number of aromatic nitrogens is 2. The molecule has 0 aliphatic heterocycles. The summed E-state index contributed by atoms with van der Waals surface area (Å²) in [6.45, 7) is 3.24. The molecule has 1 aromatic carbocycles. The van der Waals surface area contributed by atoms with E-state index in [2.05, 4.69) is 20.0 Å². The Bertz CT molecular complexity index is 917. The second-order valence-corrected chi connectivity index (χ2v) is 5.92. The van der Waals surface area contributed by atoms with Crippen molar-refractivity contribution in [3.8, 4) is 5.75 Å². The van der Waals surface area contributed by atoms with Crippen molar-refractivity contribution < 1.29 is 22.7 Å². The van der Waals surface area contributed by atoms with Crippen molar-refractivity contribution >= 4 is 5.91 Å². The zero-order valence-electron chi connectivity index (χ0n) is 14.6. The number of ether oxygens (including phenoxy) is 1. The van der Waals surface area contributed by atoms with Crippen LogP contribution in [0.25, 0.3) is 0 Å². The predicted octanol–water partition coefficient (Wildman–Crippen LogP) is 2.08. The molecule has 2 rings (SSSR count). The molecule has 10 heteroatoms. The van der Waals surface area contributed by atoms with Crippen molar-refractivity contribution in [2.75, 3.05) is 0 Å². The molecule has 0 radical (unpaired) electrons. The molecule has 7 nitrogen and oxygen atoms in total. The summed E-state index contributed by atoms with van der Waals surface area (Å²) in [6, 6.07) is 4.71. The average molecular weight is 385 g/mol. The Kier molecular flexibility index (Phi) is 6.09. The molecule has 3 N–H and O–H groups in total. The highest BCUT2D eigenvalue weighted by molar-refractivity contribution is 5.76. The van der Waals surface area contributed by atoms with Gasteiger partial charge >= 0.3 is 12.1 Å². The van der Waals surface area contributed by atoms with Gasteiger partial charge in [-0.25, -0.2) is 4.79 Å². The molecule has 0 unspecified atom stereocenters. The fourth-order valence-electron chi connectivity index (χ4n) is 2.52. The third kappa shape index (κ3) is 6.01. The van der Waals surface area contributed by atoms with E-state index in [4.69, 9.17) is 0 Å². The number of nitrogens with one attached hydrogen (secondary N) is 3. The van der Waals surface area contributed by atoms with E-state index < -0.39 is 23.7 Å². The van der Waals surface area contributed by atoms with Crippen LogP contribution < -0.4 is 21.3 Å². The van der Waals surface area contributed by atoms with Crippen LogP contribution >= 0.6 is 0 Å². The Morgan fingerprint density at radius 1 is 1.19 bits per heavy atom. The van der Waals surface area contributed by atoms with Crippen molar-refractivity contribution in [3.05, 3.63) is 61.9 Å². The Morgan fingerprint density at radius 2 is 1.81 bits per heavy atom. The zero-order chi connectivity index (χ0) is 20.2. The van der Waals surface area contributed by atoms with E-state index >= 15 is 0 Å². The van der Waals surface area contributed by atoms with Crippen molar-refractivity contribution in [1.29, 1.82) is 0 Å². The Balaban J connectivity index is 1.94. The SMILES string of the molecule is Cc1[nH]c(=O)[nH]c(=O)c1CCC(=O)N[C@H](C)c1ccc(OC(F)(F)F)cc1. The van der Waals surface area contributed by atoms with Gasteiger partial charge in [0.2, 0.25) is 5.91 Å². The molecule has 1 heterocycles. The fraction of sp³-hybridized carbons (Fsp3) is 0.353. The highest BCUT2D eigenvalue weighted by atomic mass is 19.4. The number of amides is 1. The molecular formula is C17H18F3N3O4. The van der Waals surface area contributed by atoms with Gasteiger partial charge in [0.1, 0.15) is 5.75 Å². The zero-order valence-corrected chi connectivity index (χ0v) is 14.6. The number of alkyl halides is 3. The van der Waals surface area contributed by atoms with Gasteiger partial charge in [0.05, 0.1) is 6.04 Å². The second-order valence-electron chi connectivity index (χ2n) is 5.92. The molecular weight excluding hydrogens is 367 g/mol. The van der Waals surface area contributed by atoms with Crippen molar-refractivity contribution in [2.24, 2.45) is 0 Å². The summed E-state index contributed by atoms with van der Waals surface area (Å²) in [6.07, 6.45) is -4.62. The molecule has 1 aromatic heterocycles. The third-order valence-electron chi connectivity index (χ3n) is 3.85. The Labute approximate surface area is 151 Å². The molecule has 0 saturated carbocycles. The van der Waals surface area contributed by atoms with Crippen molar-refractivity contribution in [2.45, 2.75) is 39.1 Å². The van der Waals surface area contributed by atoms with Crippen molar-refractivity contribution in [1.82, 2.24) is 15.3 Å². The first-order valence-electron chi connectivity index (χ1n) is 8.02. The van der Waals surface area contributed by atoms with Crippen LogP contribution in [0.5, 0.6) is 5.75 Å². The molecule has 0 aliphatic carbocycles. The van der Waals surface area contributed by atoms with Gasteiger partial charge in [0, 0.05) is 17.7 Å². The van der Waals surface area contributed by atoms with E-state index in [1.54, 1.807) is 13.8 Å². The van der Waals surface area contributed by atoms with E-state index in [9.17, 15) is 27.6 Å². The number of hydrogen-bond donors (Lipinski definition) is 3. The molecule has 2 aromatic rings. The highest BCUT2D eigenvalue weighted by Gasteiger charge is 2.31. The first-order valence-corrected chi connectivity index (χ1v) is 8.02. The molecule has 0 fully saturated rings. The summed E-state index contributed by atoms with van der Waals surface area (Å²) in [5, 5.41) is 2.70. The van der Waals surface area contributed by atoms with Crippen LogP contribution in [0.15, 0.2) is 33.9 Å². The minimum absolute atomic E-state index is 0.00950. The van der Waals surface area contributed by atoms with E-state index in [0.717, 1.165) is 12.1 Å². The Morgan fingerprint density at radius 3 is 2.37 bits per heavy atom. The first kappa shape index (κ1) is 20.3. The van der Waals surface area contributed by atoms with E-state index in [1.807, 2.05) is 0 Å². The lowest BCUT2D eigenvalue weighted by atomic mass is 10.1. The summed E-state index contributed by atoms with van der Waals surface area (Å²) in [5.41, 5.74) is 0.140. The third-order valence-corrected chi connectivity index (χ3v) is 3.85. The fourth-order valence-corrected chi connectivity index (χ4v) is 2.52. The van der Waals surface area contributed by atoms with Crippen LogP contribution in [0.3, 0.4) is 0 Å². The first-order chi connectivity index (χ1) is 12.5. The molecule has 0 bridgehead atoms. The van der Waals surface area contributed by atoms with Gasteiger partial charge in [0.25, 0.3) is 5.56 Å². The minimum atomic E-state index is -4.76. The monoisotopic (exact) mass is 385 g/mol. The number of aryl methyl sites for hydroxylation is 1. The lowest BCUT2D eigenvalue weighted by molar-refractivity contribution is -0.274. The van der Waals surface area contributed by atoms with Crippen LogP contribution in [-0.2, 0) is 11.2 Å². The maximum atomic E-state index is 12.2. The lowest BCUT2D eigenvalue weighted by Gasteiger charge is -2.15. The molecule has 146 valence electrons. The topological polar surface area (TPSA) is 104 Å². The number of carbonyl (C=O) groups is 1. The smallest absolute Gasteiger partial charge is 0.406 e. The summed E-state index contributed by atoms with van der Waals surface area (Å²) in [5.74, 6) is -0.694. The number of benzene rings is 1. The van der Waals surface area contributed by atoms with Gasteiger partial charge in [-0.3, -0.25) is 14.6 Å². The maximum Gasteiger partial charge on any atom is 0.573 e. The van der Waals surface area contributed by atoms with Gasteiger partial charge in [0.15, 0.2) is 0 Å². The van der Waals surface area contributed by atoms with Crippen LogP contribution in [0.4, 0.5) is 13.2 Å². The van der Waals surface area contributed by atoms with Crippen LogP contribution in [0.1, 0.15) is 36.2 Å². The lowest BCUT2D eigenvalue weighted by Crippen LogP contribution is -2.30. The minimum Gasteiger partial charge on any atom is -0.406 e. The second kappa shape index (κ2) is 8.11. The molecule has 27 heavy (non-hydrogen) atoms. The molecule has 0 aliphatic rings. The summed E-state index contributed by atoms with van der Waals surface area (Å²) < 4.78 is 40.2. The quantitative estimate of drug-likeness (QED) is 0.708. The summed E-state index contributed by atoms with van der Waals surface area (Å²) in [7, 11) is 0. The molecule has 1 atom stereocenters. The number of hydrogen-bond acceptors (Lipinski definition) is 4. The van der Waals surface area contributed by atoms with Gasteiger partial charge in [-0.15, -0.1) is 13.2 Å². The van der Waals surface area contributed by atoms with E-state index in [-0.39, 0.29) is 24.5 Å². The van der Waals surface area contributed by atoms with Crippen LogP contribution in [0, 0.1) is 6.92 Å². The van der Waals surface area contributed by atoms with Gasteiger partial charge in [-0.05, 0) is 38.0 Å². The highest BCUT2D eigenvalue weighted by Crippen LogP contribution is 2.24. The van der Waals surface area contributed by atoms with Gasteiger partial charge in [-0.2, -0.15) is 0 Å². The van der Waals surface area contributed by atoms with Crippen LogP contribution in [0.2, 0.25) is 0 Å². The number of aromatic amines is 2. The Hall–Kier alpha value is -3.04. The summed E-state index contributed by atoms with van der Waals surface area (Å²) >= 11 is 0. The largest absolute Gasteiger partial charge is 0.573 e. The number of carbonyl (C=O) groups excluding carboxylic acids is 1. The average Bonchev–Trinajstić information content (AvgIpc) is 2.52. The molecule has 0 saturated heterocycles. The van der Waals surface area contributed by atoms with E-state index in [0.29, 0.717) is 16.8 Å². The van der Waals surface area contributed by atoms with Crippen LogP contribution in [-0.4, -0.2) is 22.2 Å². The number of rotatable bonds is 6. The van der Waals surface area contributed by atoms with Gasteiger partial charge in [-0.1, -0.05) is 12.1 Å². The summed E-state index contributed by atoms with van der Waals surface area (Å²) in [4.78, 5) is 39.5. The molecule has 1 amide bonds. The van der Waals surface area contributed by atoms with Gasteiger partial charge < -0.3 is 15.0 Å². The van der Waals surface area contributed by atoms with E-state index in [1.165, 1.54) is 12.1 Å². The number of H-pyrrole nitrogens is 2. The van der Waals surface area contributed by atoms with Crippen molar-refractivity contribution in [3.63, 3.8) is 0 Å². The number of halogens is 3. The maximum absolute atomic E-state index is 12.2. The molecule has 0 spiro atoms. The standard InChI is InChI=1S/C17H18F3N3O4/c1-9(11-3-5-12(6-4-11)27-17(18,19)20)21-14(24)8-7-13-10(2)22-16(26)23-15(13)25/h3-6,9H,7-8H2,1-2H3,(H,21,24)(H2,22,23,25,26)/t9-/m1/s1. The normalized spacial score (nSPS) is 12.5.